The SMILES string of the molecule is CCOc1ncnc(NCCN(C)CCOC)c1N. The zero-order valence-corrected chi connectivity index (χ0v) is 11.8. The average Bonchev–Trinajstić information content (AvgIpc) is 2.41. The van der Waals surface area contributed by atoms with Crippen LogP contribution in [0.2, 0.25) is 0 Å². The van der Waals surface area contributed by atoms with Gasteiger partial charge in [0.25, 0.3) is 0 Å². The zero-order valence-electron chi connectivity index (χ0n) is 11.8. The number of ether oxygens (including phenoxy) is 2. The molecule has 0 atom stereocenters. The summed E-state index contributed by atoms with van der Waals surface area (Å²) in [4.78, 5) is 10.3. The lowest BCUT2D eigenvalue weighted by molar-refractivity contribution is 0.163. The molecule has 1 aromatic rings. The molecule has 0 amide bonds. The van der Waals surface area contributed by atoms with Crippen LogP contribution in [-0.2, 0) is 4.74 Å². The molecule has 0 bridgehead atoms. The maximum atomic E-state index is 5.92. The average molecular weight is 269 g/mol. The monoisotopic (exact) mass is 269 g/mol. The van der Waals surface area contributed by atoms with Gasteiger partial charge in [-0.1, -0.05) is 0 Å². The Hall–Kier alpha value is -1.60. The lowest BCUT2D eigenvalue weighted by Crippen LogP contribution is -2.28. The number of methoxy groups -OCH3 is 1. The molecule has 19 heavy (non-hydrogen) atoms. The molecule has 0 saturated heterocycles. The fraction of sp³-hybridized carbons (Fsp3) is 0.667. The number of rotatable bonds is 9. The molecule has 3 N–H and O–H groups in total. The highest BCUT2D eigenvalue weighted by Gasteiger charge is 2.08. The van der Waals surface area contributed by atoms with Crippen LogP contribution in [0.4, 0.5) is 11.5 Å². The highest BCUT2D eigenvalue weighted by Crippen LogP contribution is 2.23. The first kappa shape index (κ1) is 15.5. The van der Waals surface area contributed by atoms with Gasteiger partial charge in [0.1, 0.15) is 12.0 Å². The van der Waals surface area contributed by atoms with Crippen LogP contribution in [0.1, 0.15) is 6.92 Å². The maximum Gasteiger partial charge on any atom is 0.242 e. The van der Waals surface area contributed by atoms with Crippen molar-refractivity contribution in [2.24, 2.45) is 0 Å². The Morgan fingerprint density at radius 1 is 1.37 bits per heavy atom. The van der Waals surface area contributed by atoms with E-state index in [-0.39, 0.29) is 0 Å². The van der Waals surface area contributed by atoms with Crippen LogP contribution in [0.25, 0.3) is 0 Å². The molecule has 7 heteroatoms. The number of anilines is 2. The summed E-state index contributed by atoms with van der Waals surface area (Å²) in [5, 5.41) is 3.18. The Morgan fingerprint density at radius 3 is 2.84 bits per heavy atom. The number of nitrogens with zero attached hydrogens (tertiary/aromatic N) is 3. The Labute approximate surface area is 114 Å². The van der Waals surface area contributed by atoms with Gasteiger partial charge in [-0.15, -0.1) is 0 Å². The van der Waals surface area contributed by atoms with E-state index in [4.69, 9.17) is 15.2 Å². The summed E-state index contributed by atoms with van der Waals surface area (Å²) in [6.07, 6.45) is 1.44. The summed E-state index contributed by atoms with van der Waals surface area (Å²) in [7, 11) is 3.73. The van der Waals surface area contributed by atoms with E-state index in [1.165, 1.54) is 6.33 Å². The quantitative estimate of drug-likeness (QED) is 0.673. The molecule has 7 nitrogen and oxygen atoms in total. The van der Waals surface area contributed by atoms with E-state index in [1.807, 2.05) is 14.0 Å². The lowest BCUT2D eigenvalue weighted by atomic mass is 10.4. The van der Waals surface area contributed by atoms with E-state index < -0.39 is 0 Å². The fourth-order valence-corrected chi connectivity index (χ4v) is 1.50. The van der Waals surface area contributed by atoms with Crippen LogP contribution in [0.15, 0.2) is 6.33 Å². The van der Waals surface area contributed by atoms with Gasteiger partial charge in [0.05, 0.1) is 13.2 Å². The third kappa shape index (κ3) is 5.27. The Morgan fingerprint density at radius 2 is 2.16 bits per heavy atom. The summed E-state index contributed by atoms with van der Waals surface area (Å²) in [5.41, 5.74) is 6.37. The first-order valence-corrected chi connectivity index (χ1v) is 6.33. The molecule has 108 valence electrons. The van der Waals surface area contributed by atoms with E-state index in [0.717, 1.165) is 26.2 Å². The number of nitrogens with one attached hydrogen (secondary N) is 1. The standard InChI is InChI=1S/C12H23N5O2/c1-4-19-12-10(13)11(15-9-16-12)14-5-6-17(2)7-8-18-3/h9H,4-8,13H2,1-3H3,(H,14,15,16). The van der Waals surface area contributed by atoms with Crippen LogP contribution in [0, 0.1) is 0 Å². The minimum absolute atomic E-state index is 0.424. The summed E-state index contributed by atoms with van der Waals surface area (Å²) in [6, 6.07) is 0. The molecule has 0 radical (unpaired) electrons. The number of nitrogens with two attached hydrogens (primary N) is 1. The number of hydrogen-bond donors (Lipinski definition) is 2. The van der Waals surface area contributed by atoms with Gasteiger partial charge in [-0.05, 0) is 14.0 Å². The normalized spacial score (nSPS) is 10.7. The summed E-state index contributed by atoms with van der Waals surface area (Å²) in [6.45, 7) is 5.64. The Balaban J connectivity index is 2.42. The third-order valence-electron chi connectivity index (χ3n) is 2.59. The second-order valence-corrected chi connectivity index (χ2v) is 4.10. The van der Waals surface area contributed by atoms with Crippen molar-refractivity contribution in [3.05, 3.63) is 6.33 Å². The predicted octanol–water partition coefficient (Wildman–Crippen LogP) is 0.448. The van der Waals surface area contributed by atoms with Gasteiger partial charge in [0.2, 0.25) is 5.88 Å². The molecule has 1 rings (SSSR count). The molecule has 0 unspecified atom stereocenters. The van der Waals surface area contributed by atoms with E-state index in [2.05, 4.69) is 20.2 Å². The van der Waals surface area contributed by atoms with Crippen molar-refractivity contribution >= 4 is 11.5 Å². The molecule has 0 spiro atoms. The molecule has 1 aromatic heterocycles. The lowest BCUT2D eigenvalue weighted by Gasteiger charge is -2.17. The Kier molecular flexibility index (Phi) is 6.91. The third-order valence-corrected chi connectivity index (χ3v) is 2.59. The zero-order chi connectivity index (χ0) is 14.1. The van der Waals surface area contributed by atoms with Gasteiger partial charge in [0.15, 0.2) is 5.82 Å². The highest BCUT2D eigenvalue weighted by molar-refractivity contribution is 5.66. The van der Waals surface area contributed by atoms with Crippen molar-refractivity contribution in [1.82, 2.24) is 14.9 Å². The van der Waals surface area contributed by atoms with Crippen LogP contribution in [-0.4, -0.2) is 61.9 Å². The summed E-state index contributed by atoms with van der Waals surface area (Å²) in [5.74, 6) is 1.03. The fourth-order valence-electron chi connectivity index (χ4n) is 1.50. The van der Waals surface area contributed by atoms with E-state index in [9.17, 15) is 0 Å². The molecular weight excluding hydrogens is 246 g/mol. The van der Waals surface area contributed by atoms with Gasteiger partial charge >= 0.3 is 0 Å². The van der Waals surface area contributed by atoms with Gasteiger partial charge in [-0.2, -0.15) is 4.98 Å². The van der Waals surface area contributed by atoms with Crippen molar-refractivity contribution in [2.75, 3.05) is 58.1 Å². The van der Waals surface area contributed by atoms with Crippen molar-refractivity contribution in [1.29, 1.82) is 0 Å². The number of hydrogen-bond acceptors (Lipinski definition) is 7. The van der Waals surface area contributed by atoms with Gasteiger partial charge < -0.3 is 25.4 Å². The second kappa shape index (κ2) is 8.49. The molecule has 1 heterocycles. The topological polar surface area (TPSA) is 85.5 Å². The van der Waals surface area contributed by atoms with Crippen molar-refractivity contribution in [3.63, 3.8) is 0 Å². The van der Waals surface area contributed by atoms with Crippen molar-refractivity contribution < 1.29 is 9.47 Å². The molecule has 0 aromatic carbocycles. The minimum atomic E-state index is 0.424. The molecule has 0 fully saturated rings. The summed E-state index contributed by atoms with van der Waals surface area (Å²) >= 11 is 0. The van der Waals surface area contributed by atoms with E-state index in [0.29, 0.717) is 24.0 Å². The molecule has 0 aliphatic rings. The van der Waals surface area contributed by atoms with Gasteiger partial charge in [-0.3, -0.25) is 0 Å². The largest absolute Gasteiger partial charge is 0.476 e. The number of nitrogen functional groups attached to an aromatic ring is 1. The summed E-state index contributed by atoms with van der Waals surface area (Å²) < 4.78 is 10.3. The smallest absolute Gasteiger partial charge is 0.242 e. The van der Waals surface area contributed by atoms with E-state index in [1.54, 1.807) is 7.11 Å². The predicted molar refractivity (Wildman–Crippen MR) is 75.5 cm³/mol. The number of aromatic nitrogens is 2. The first-order chi connectivity index (χ1) is 9.19. The van der Waals surface area contributed by atoms with Crippen molar-refractivity contribution in [3.8, 4) is 5.88 Å². The number of likely N-dealkylation sites (N-methyl/N-ethyl adjacent to an activating group) is 1. The maximum absolute atomic E-state index is 5.92. The minimum Gasteiger partial charge on any atom is -0.476 e. The Bertz CT molecular complexity index is 375. The molecule has 0 aliphatic carbocycles. The van der Waals surface area contributed by atoms with Crippen LogP contribution >= 0.6 is 0 Å². The van der Waals surface area contributed by atoms with E-state index >= 15 is 0 Å². The molecular formula is C12H23N5O2. The van der Waals surface area contributed by atoms with Crippen LogP contribution < -0.4 is 15.8 Å². The molecule has 0 saturated carbocycles. The second-order valence-electron chi connectivity index (χ2n) is 4.10. The molecule has 0 aliphatic heterocycles. The first-order valence-electron chi connectivity index (χ1n) is 6.33. The van der Waals surface area contributed by atoms with Crippen LogP contribution in [0.5, 0.6) is 5.88 Å². The van der Waals surface area contributed by atoms with Crippen molar-refractivity contribution in [2.45, 2.75) is 6.92 Å². The van der Waals surface area contributed by atoms with Gasteiger partial charge in [0, 0.05) is 26.7 Å². The highest BCUT2D eigenvalue weighted by atomic mass is 16.5. The van der Waals surface area contributed by atoms with Gasteiger partial charge in [-0.25, -0.2) is 4.98 Å². The van der Waals surface area contributed by atoms with Crippen LogP contribution in [0.3, 0.4) is 0 Å².